The molecule has 170 valence electrons. The summed E-state index contributed by atoms with van der Waals surface area (Å²) in [5, 5.41) is 0.724. The van der Waals surface area contributed by atoms with Gasteiger partial charge in [-0.05, 0) is 89.3 Å². The van der Waals surface area contributed by atoms with Gasteiger partial charge in [0.15, 0.2) is 0 Å². The molecular formula is C31H34ClN. The second kappa shape index (κ2) is 8.88. The molecule has 0 aliphatic heterocycles. The summed E-state index contributed by atoms with van der Waals surface area (Å²) in [5.74, 6) is 0. The van der Waals surface area contributed by atoms with Gasteiger partial charge in [-0.3, -0.25) is 0 Å². The molecule has 33 heavy (non-hydrogen) atoms. The highest BCUT2D eigenvalue weighted by atomic mass is 35.5. The van der Waals surface area contributed by atoms with E-state index in [1.165, 1.54) is 24.0 Å². The van der Waals surface area contributed by atoms with Gasteiger partial charge in [-0.25, -0.2) is 0 Å². The molecule has 1 aliphatic carbocycles. The standard InChI is InChI=1S/C31H34ClN/c1-7-11-22(2)33(27-19-24(18-25(32)20-27)23-12-9-8-10-13-23)26-14-15-28-29(21-26)31(5,6)17-16-30(28,3)4/h7-15,18-21H,1,16-17H2,2-6H3/b22-11+. The zero-order valence-electron chi connectivity index (χ0n) is 20.5. The van der Waals surface area contributed by atoms with Gasteiger partial charge in [-0.2, -0.15) is 0 Å². The second-order valence-electron chi connectivity index (χ2n) is 10.4. The SMILES string of the molecule is C=C/C=C(\C)N(c1cc(Cl)cc(-c2ccccc2)c1)c1ccc2c(c1)C(C)(C)CCC2(C)C. The first-order valence-corrected chi connectivity index (χ1v) is 12.1. The number of halogens is 1. The lowest BCUT2D eigenvalue weighted by Gasteiger charge is -2.42. The van der Waals surface area contributed by atoms with E-state index in [4.69, 9.17) is 11.6 Å². The predicted octanol–water partition coefficient (Wildman–Crippen LogP) is 9.58. The molecule has 3 aromatic rings. The quantitative estimate of drug-likeness (QED) is 0.346. The summed E-state index contributed by atoms with van der Waals surface area (Å²) in [6.07, 6.45) is 6.29. The molecule has 3 aromatic carbocycles. The Balaban J connectivity index is 1.90. The third kappa shape index (κ3) is 4.66. The molecule has 0 fully saturated rings. The first-order valence-electron chi connectivity index (χ1n) is 11.7. The maximum atomic E-state index is 6.64. The second-order valence-corrected chi connectivity index (χ2v) is 10.9. The van der Waals surface area contributed by atoms with Crippen molar-refractivity contribution in [3.63, 3.8) is 0 Å². The fraction of sp³-hybridized carbons (Fsp3) is 0.290. The highest BCUT2D eigenvalue weighted by Gasteiger charge is 2.37. The van der Waals surface area contributed by atoms with Gasteiger partial charge in [-0.1, -0.05) is 88.3 Å². The number of benzene rings is 3. The van der Waals surface area contributed by atoms with Gasteiger partial charge >= 0.3 is 0 Å². The largest absolute Gasteiger partial charge is 0.314 e. The Labute approximate surface area is 204 Å². The summed E-state index contributed by atoms with van der Waals surface area (Å²) < 4.78 is 0. The lowest BCUT2D eigenvalue weighted by atomic mass is 9.63. The Morgan fingerprint density at radius 3 is 2.15 bits per heavy atom. The average molecular weight is 456 g/mol. The van der Waals surface area contributed by atoms with Crippen molar-refractivity contribution in [1.82, 2.24) is 0 Å². The van der Waals surface area contributed by atoms with E-state index < -0.39 is 0 Å². The monoisotopic (exact) mass is 455 g/mol. The number of rotatable bonds is 5. The summed E-state index contributed by atoms with van der Waals surface area (Å²) in [6.45, 7) is 15.5. The number of allylic oxidation sites excluding steroid dienone is 3. The average Bonchev–Trinajstić information content (AvgIpc) is 2.78. The Bertz CT molecular complexity index is 1200. The van der Waals surface area contributed by atoms with Crippen molar-refractivity contribution in [1.29, 1.82) is 0 Å². The number of hydrogen-bond acceptors (Lipinski definition) is 1. The van der Waals surface area contributed by atoms with Crippen LogP contribution in [0.15, 0.2) is 91.2 Å². The first kappa shape index (κ1) is 23.4. The molecule has 1 aliphatic rings. The van der Waals surface area contributed by atoms with Crippen LogP contribution >= 0.6 is 11.6 Å². The van der Waals surface area contributed by atoms with Crippen molar-refractivity contribution in [3.8, 4) is 11.1 Å². The molecule has 0 unspecified atom stereocenters. The summed E-state index contributed by atoms with van der Waals surface area (Å²) in [6, 6.07) is 23.7. The maximum absolute atomic E-state index is 6.64. The fourth-order valence-electron chi connectivity index (χ4n) is 5.02. The summed E-state index contributed by atoms with van der Waals surface area (Å²) in [4.78, 5) is 2.29. The van der Waals surface area contributed by atoms with Crippen LogP contribution in [0.3, 0.4) is 0 Å². The maximum Gasteiger partial charge on any atom is 0.0479 e. The lowest BCUT2D eigenvalue weighted by Crippen LogP contribution is -2.34. The molecule has 0 N–H and O–H groups in total. The molecule has 0 saturated heterocycles. The fourth-order valence-corrected chi connectivity index (χ4v) is 5.25. The van der Waals surface area contributed by atoms with E-state index >= 15 is 0 Å². The third-order valence-electron chi connectivity index (χ3n) is 7.05. The number of nitrogens with zero attached hydrogens (tertiary/aromatic N) is 1. The van der Waals surface area contributed by atoms with Crippen LogP contribution in [0.4, 0.5) is 11.4 Å². The first-order chi connectivity index (χ1) is 15.6. The van der Waals surface area contributed by atoms with Crippen molar-refractivity contribution < 1.29 is 0 Å². The van der Waals surface area contributed by atoms with E-state index in [2.05, 4.69) is 101 Å². The van der Waals surface area contributed by atoms with Crippen LogP contribution in [0.2, 0.25) is 5.02 Å². The molecule has 0 amide bonds. The van der Waals surface area contributed by atoms with Crippen molar-refractivity contribution in [2.75, 3.05) is 4.90 Å². The van der Waals surface area contributed by atoms with Gasteiger partial charge in [-0.15, -0.1) is 0 Å². The topological polar surface area (TPSA) is 3.24 Å². The summed E-state index contributed by atoms with van der Waals surface area (Å²) >= 11 is 6.64. The van der Waals surface area contributed by atoms with Gasteiger partial charge in [0.25, 0.3) is 0 Å². The number of anilines is 2. The molecule has 0 radical (unpaired) electrons. The van der Waals surface area contributed by atoms with E-state index in [1.54, 1.807) is 0 Å². The highest BCUT2D eigenvalue weighted by molar-refractivity contribution is 6.31. The molecule has 0 atom stereocenters. The zero-order chi connectivity index (χ0) is 23.8. The molecule has 2 heteroatoms. The van der Waals surface area contributed by atoms with Gasteiger partial charge in [0.2, 0.25) is 0 Å². The van der Waals surface area contributed by atoms with Crippen LogP contribution in [-0.2, 0) is 10.8 Å². The van der Waals surface area contributed by atoms with Crippen LogP contribution in [0.1, 0.15) is 58.6 Å². The van der Waals surface area contributed by atoms with E-state index in [9.17, 15) is 0 Å². The van der Waals surface area contributed by atoms with E-state index in [0.717, 1.165) is 33.2 Å². The van der Waals surface area contributed by atoms with Crippen molar-refractivity contribution in [3.05, 3.63) is 107 Å². The number of hydrogen-bond donors (Lipinski definition) is 0. The zero-order valence-corrected chi connectivity index (χ0v) is 21.2. The minimum atomic E-state index is 0.145. The van der Waals surface area contributed by atoms with Crippen LogP contribution in [0, 0.1) is 0 Å². The van der Waals surface area contributed by atoms with Gasteiger partial charge in [0.05, 0.1) is 0 Å². The Hall–Kier alpha value is -2.77. The van der Waals surface area contributed by atoms with Crippen LogP contribution in [-0.4, -0.2) is 0 Å². The predicted molar refractivity (Wildman–Crippen MR) is 145 cm³/mol. The van der Waals surface area contributed by atoms with Crippen molar-refractivity contribution in [2.45, 2.75) is 58.3 Å². The van der Waals surface area contributed by atoms with Gasteiger partial charge < -0.3 is 4.90 Å². The molecule has 0 saturated carbocycles. The normalized spacial score (nSPS) is 16.7. The number of fused-ring (bicyclic) bond motifs is 1. The van der Waals surface area contributed by atoms with Crippen molar-refractivity contribution >= 4 is 23.0 Å². The molecule has 4 rings (SSSR count). The van der Waals surface area contributed by atoms with E-state index in [1.807, 2.05) is 24.3 Å². The molecule has 1 nitrogen and oxygen atoms in total. The Kier molecular flexibility index (Phi) is 6.29. The molecule has 0 spiro atoms. The Morgan fingerprint density at radius 1 is 0.818 bits per heavy atom. The lowest BCUT2D eigenvalue weighted by molar-refractivity contribution is 0.332. The van der Waals surface area contributed by atoms with Crippen LogP contribution < -0.4 is 4.90 Å². The van der Waals surface area contributed by atoms with E-state index in [-0.39, 0.29) is 10.8 Å². The van der Waals surface area contributed by atoms with Gasteiger partial charge in [0.1, 0.15) is 0 Å². The Morgan fingerprint density at radius 2 is 1.48 bits per heavy atom. The highest BCUT2D eigenvalue weighted by Crippen LogP contribution is 2.47. The van der Waals surface area contributed by atoms with Crippen LogP contribution in [0.5, 0.6) is 0 Å². The summed E-state index contributed by atoms with van der Waals surface area (Å²) in [7, 11) is 0. The molecule has 0 aromatic heterocycles. The van der Waals surface area contributed by atoms with Gasteiger partial charge in [0, 0.05) is 22.1 Å². The minimum absolute atomic E-state index is 0.145. The minimum Gasteiger partial charge on any atom is -0.314 e. The molecule has 0 heterocycles. The third-order valence-corrected chi connectivity index (χ3v) is 7.27. The summed E-state index contributed by atoms with van der Waals surface area (Å²) in [5.41, 5.74) is 8.79. The smallest absolute Gasteiger partial charge is 0.0479 e. The molecule has 0 bridgehead atoms. The molecular weight excluding hydrogens is 422 g/mol. The van der Waals surface area contributed by atoms with Crippen molar-refractivity contribution in [2.24, 2.45) is 0 Å². The van der Waals surface area contributed by atoms with E-state index in [0.29, 0.717) is 0 Å². The van der Waals surface area contributed by atoms with Crippen LogP contribution in [0.25, 0.3) is 11.1 Å².